The van der Waals surface area contributed by atoms with E-state index in [1.165, 1.54) is 54.4 Å². The quantitative estimate of drug-likeness (QED) is 0.212. The Bertz CT molecular complexity index is 1700. The van der Waals surface area contributed by atoms with Gasteiger partial charge < -0.3 is 19.3 Å². The van der Waals surface area contributed by atoms with Crippen LogP contribution in [0, 0.1) is 34.5 Å². The lowest BCUT2D eigenvalue weighted by Gasteiger charge is -2.50. The summed E-state index contributed by atoms with van der Waals surface area (Å²) >= 11 is 0. The van der Waals surface area contributed by atoms with E-state index in [2.05, 4.69) is 45.0 Å². The molecule has 2 aromatic rings. The van der Waals surface area contributed by atoms with E-state index in [-0.39, 0.29) is 40.9 Å². The highest BCUT2D eigenvalue weighted by molar-refractivity contribution is 5.73. The largest absolute Gasteiger partial charge is 0.462 e. The molecule has 0 spiro atoms. The van der Waals surface area contributed by atoms with E-state index >= 15 is 0 Å². The molecule has 8 rings (SSSR count). The molecular formula is C47H64O7. The minimum atomic E-state index is -0.180. The van der Waals surface area contributed by atoms with Crippen LogP contribution in [0.5, 0.6) is 11.5 Å². The molecule has 6 aliphatic carbocycles. The Morgan fingerprint density at radius 1 is 0.667 bits per heavy atom. The van der Waals surface area contributed by atoms with Crippen molar-refractivity contribution in [2.45, 2.75) is 168 Å². The molecule has 294 valence electrons. The first-order valence-electron chi connectivity index (χ1n) is 21.5. The van der Waals surface area contributed by atoms with Crippen LogP contribution in [0.1, 0.15) is 165 Å². The Labute approximate surface area is 323 Å². The van der Waals surface area contributed by atoms with Crippen molar-refractivity contribution >= 4 is 17.9 Å². The minimum absolute atomic E-state index is 0.0582. The van der Waals surface area contributed by atoms with Gasteiger partial charge in [-0.1, -0.05) is 53.2 Å². The van der Waals surface area contributed by atoms with Crippen LogP contribution >= 0.6 is 0 Å². The molecule has 0 aliphatic heterocycles. The third-order valence-corrected chi connectivity index (χ3v) is 15.3. The van der Waals surface area contributed by atoms with E-state index in [0.717, 1.165) is 57.8 Å². The summed E-state index contributed by atoms with van der Waals surface area (Å²) < 4.78 is 16.8. The van der Waals surface area contributed by atoms with Crippen LogP contribution in [0.25, 0.3) is 0 Å². The second-order valence-electron chi connectivity index (χ2n) is 18.0. The Hall–Kier alpha value is -3.19. The van der Waals surface area contributed by atoms with E-state index in [4.69, 9.17) is 14.2 Å². The van der Waals surface area contributed by atoms with Crippen molar-refractivity contribution < 1.29 is 33.7 Å². The van der Waals surface area contributed by atoms with Crippen LogP contribution in [-0.2, 0) is 32.0 Å². The van der Waals surface area contributed by atoms with E-state index in [9.17, 15) is 19.5 Å². The first-order chi connectivity index (χ1) is 26.0. The predicted molar refractivity (Wildman–Crippen MR) is 209 cm³/mol. The number of hydrogen-bond donors (Lipinski definition) is 1. The Balaban J connectivity index is 0.000000167. The van der Waals surface area contributed by atoms with Crippen LogP contribution in [0.15, 0.2) is 36.4 Å². The smallest absolute Gasteiger partial charge is 0.311 e. The van der Waals surface area contributed by atoms with Crippen LogP contribution < -0.4 is 9.47 Å². The Kier molecular flexibility index (Phi) is 11.7. The third-order valence-electron chi connectivity index (χ3n) is 15.3. The van der Waals surface area contributed by atoms with Crippen molar-refractivity contribution in [3.8, 4) is 11.5 Å². The number of rotatable bonds is 8. The zero-order chi connectivity index (χ0) is 38.2. The molecule has 54 heavy (non-hydrogen) atoms. The number of carbonyl (C=O) groups excluding carboxylic acids is 3. The number of aryl methyl sites for hydroxylation is 2. The molecule has 2 aromatic carbocycles. The molecule has 10 atom stereocenters. The first kappa shape index (κ1) is 39.1. The van der Waals surface area contributed by atoms with Crippen molar-refractivity contribution in [2.75, 3.05) is 0 Å². The van der Waals surface area contributed by atoms with Gasteiger partial charge in [-0.2, -0.15) is 0 Å². The topological polar surface area (TPSA) is 99.1 Å². The standard InChI is InChI=1S/C24H32O4.C23H32O3/c1-4-22(25)27-16-7-9-17-15(14-16)6-8-19-18(17)12-13-24(3)20(19)10-11-21(24)28-23(26)5-2;1-3-4-5-22(25)26-16-7-9-17-15(14-16)6-8-19-18(17)12-13-23(2)20(19)10-11-21(23)24/h7,9,14,18-21H,4-6,8,10-13H2,1-3H3;7,9,14,18-21,24H,3-6,8,10-13H2,1-2H3/t18-,19-,20+,21+,24+;18?,19?,20?,21-,23-/m10/s1. The normalized spacial score (nSPS) is 34.3. The van der Waals surface area contributed by atoms with Gasteiger partial charge in [0.05, 0.1) is 6.10 Å². The fourth-order valence-corrected chi connectivity index (χ4v) is 12.3. The number of benzene rings is 2. The van der Waals surface area contributed by atoms with Crippen molar-refractivity contribution in [1.29, 1.82) is 0 Å². The molecule has 0 saturated heterocycles. The molecule has 0 aromatic heterocycles. The van der Waals surface area contributed by atoms with E-state index in [0.29, 0.717) is 66.3 Å². The zero-order valence-corrected chi connectivity index (χ0v) is 33.5. The molecule has 0 amide bonds. The van der Waals surface area contributed by atoms with Crippen LogP contribution in [-0.4, -0.2) is 35.2 Å². The summed E-state index contributed by atoms with van der Waals surface area (Å²) in [6.07, 6.45) is 16.6. The monoisotopic (exact) mass is 740 g/mol. The maximum absolute atomic E-state index is 11.9. The lowest BCUT2D eigenvalue weighted by Crippen LogP contribution is -2.45. The molecule has 0 bridgehead atoms. The van der Waals surface area contributed by atoms with Gasteiger partial charge in [0.2, 0.25) is 0 Å². The summed E-state index contributed by atoms with van der Waals surface area (Å²) in [5.41, 5.74) is 5.89. The summed E-state index contributed by atoms with van der Waals surface area (Å²) in [5, 5.41) is 10.5. The van der Waals surface area contributed by atoms with Gasteiger partial charge in [-0.25, -0.2) is 0 Å². The molecule has 3 unspecified atom stereocenters. The van der Waals surface area contributed by atoms with E-state index in [1.807, 2.05) is 26.0 Å². The lowest BCUT2D eigenvalue weighted by molar-refractivity contribution is -0.157. The SMILES string of the molecule is CCC(=O)Oc1ccc2c(c1)CC[C@@H]1[C@@H]2CC[C@]2(C)[C@@H](OC(=O)CC)CC[C@@H]12.CCCCC(=O)Oc1ccc2c(c1)CCC1C2CC[C@@]2(C)C1CC[C@@H]2O. The molecule has 1 N–H and O–H groups in total. The van der Waals surface area contributed by atoms with Crippen molar-refractivity contribution in [1.82, 2.24) is 0 Å². The van der Waals surface area contributed by atoms with Gasteiger partial charge in [0, 0.05) is 24.7 Å². The molecule has 6 aliphatic rings. The van der Waals surface area contributed by atoms with Gasteiger partial charge in [0.1, 0.15) is 17.6 Å². The maximum atomic E-state index is 11.9. The summed E-state index contributed by atoms with van der Waals surface area (Å²) in [4.78, 5) is 35.4. The van der Waals surface area contributed by atoms with Gasteiger partial charge in [0.25, 0.3) is 0 Å². The number of aliphatic hydroxyl groups excluding tert-OH is 1. The molecule has 0 heterocycles. The molecule has 4 fully saturated rings. The Morgan fingerprint density at radius 2 is 1.20 bits per heavy atom. The number of unbranched alkanes of at least 4 members (excludes halogenated alkanes) is 1. The van der Waals surface area contributed by atoms with E-state index < -0.39 is 0 Å². The van der Waals surface area contributed by atoms with Crippen molar-refractivity contribution in [3.05, 3.63) is 58.7 Å². The van der Waals surface area contributed by atoms with Crippen LogP contribution in [0.4, 0.5) is 0 Å². The highest BCUT2D eigenvalue weighted by Gasteiger charge is 2.57. The number of hydrogen-bond acceptors (Lipinski definition) is 7. The molecule has 7 nitrogen and oxygen atoms in total. The highest BCUT2D eigenvalue weighted by atomic mass is 16.5. The summed E-state index contributed by atoms with van der Waals surface area (Å²) in [6.45, 7) is 10.5. The van der Waals surface area contributed by atoms with Gasteiger partial charge >= 0.3 is 17.9 Å². The molecule has 4 saturated carbocycles. The van der Waals surface area contributed by atoms with Crippen LogP contribution in [0.2, 0.25) is 0 Å². The fourth-order valence-electron chi connectivity index (χ4n) is 12.3. The van der Waals surface area contributed by atoms with Gasteiger partial charge in [-0.3, -0.25) is 14.4 Å². The van der Waals surface area contributed by atoms with E-state index in [1.54, 1.807) is 0 Å². The lowest BCUT2D eigenvalue weighted by atomic mass is 9.55. The van der Waals surface area contributed by atoms with Crippen LogP contribution in [0.3, 0.4) is 0 Å². The van der Waals surface area contributed by atoms with Gasteiger partial charge in [-0.15, -0.1) is 0 Å². The minimum Gasteiger partial charge on any atom is -0.462 e. The highest BCUT2D eigenvalue weighted by Crippen LogP contribution is 2.62. The summed E-state index contributed by atoms with van der Waals surface area (Å²) in [7, 11) is 0. The Morgan fingerprint density at radius 3 is 1.78 bits per heavy atom. The van der Waals surface area contributed by atoms with Gasteiger partial charge in [-0.05, 0) is 171 Å². The number of carbonyl (C=O) groups is 3. The summed E-state index contributed by atoms with van der Waals surface area (Å²) in [5.74, 6) is 4.90. The average Bonchev–Trinajstić information content (AvgIpc) is 3.67. The average molecular weight is 741 g/mol. The number of esters is 3. The van der Waals surface area contributed by atoms with Crippen molar-refractivity contribution in [3.63, 3.8) is 0 Å². The number of ether oxygens (including phenoxy) is 3. The van der Waals surface area contributed by atoms with Gasteiger partial charge in [0.15, 0.2) is 0 Å². The predicted octanol–water partition coefficient (Wildman–Crippen LogP) is 10.2. The number of aliphatic hydroxyl groups is 1. The van der Waals surface area contributed by atoms with Crippen molar-refractivity contribution in [2.24, 2.45) is 34.5 Å². The zero-order valence-electron chi connectivity index (χ0n) is 33.5. The summed E-state index contributed by atoms with van der Waals surface area (Å²) in [6, 6.07) is 12.5. The molecule has 7 heteroatoms. The molecule has 0 radical (unpaired) electrons. The first-order valence-corrected chi connectivity index (χ1v) is 21.5. The molecular weight excluding hydrogens is 677 g/mol. The second-order valence-corrected chi connectivity index (χ2v) is 18.0. The number of fused-ring (bicyclic) bond motifs is 10. The fraction of sp³-hybridized carbons (Fsp3) is 0.681. The maximum Gasteiger partial charge on any atom is 0.311 e. The third kappa shape index (κ3) is 7.40. The second kappa shape index (κ2) is 16.1.